The number of aldehydes is 1. The smallest absolute Gasteiger partial charge is 0.320 e. The average Bonchev–Trinajstić information content (AvgIpc) is 2.48. The minimum Gasteiger partial charge on any atom is -0.468 e. The van der Waals surface area contributed by atoms with Crippen molar-refractivity contribution in [2.24, 2.45) is 11.3 Å². The summed E-state index contributed by atoms with van der Waals surface area (Å²) in [6, 6.07) is 0. The van der Waals surface area contributed by atoms with Crippen molar-refractivity contribution in [2.75, 3.05) is 14.2 Å². The molecule has 0 spiro atoms. The fraction of sp³-hybridized carbons (Fsp3) is 0.800. The molecule has 0 radical (unpaired) electrons. The van der Waals surface area contributed by atoms with E-state index in [9.17, 15) is 14.4 Å². The van der Waals surface area contributed by atoms with Gasteiger partial charge in [-0.15, -0.1) is 0 Å². The molecule has 0 bridgehead atoms. The van der Waals surface area contributed by atoms with E-state index in [0.717, 1.165) is 32.0 Å². The molecule has 114 valence electrons. The second kappa shape index (κ2) is 8.02. The van der Waals surface area contributed by atoms with Gasteiger partial charge < -0.3 is 14.3 Å². The Morgan fingerprint density at radius 3 is 2.10 bits per heavy atom. The van der Waals surface area contributed by atoms with Crippen LogP contribution in [0.25, 0.3) is 0 Å². The van der Waals surface area contributed by atoms with E-state index < -0.39 is 17.9 Å². The Morgan fingerprint density at radius 2 is 1.65 bits per heavy atom. The SMILES string of the molecule is COC(=O)C(CCC1(CC=O)CCCCC1)C(=O)OC. The molecule has 0 saturated heterocycles. The van der Waals surface area contributed by atoms with E-state index in [0.29, 0.717) is 19.3 Å². The lowest BCUT2D eigenvalue weighted by atomic mass is 9.68. The number of carbonyl (C=O) groups excluding carboxylic acids is 3. The summed E-state index contributed by atoms with van der Waals surface area (Å²) < 4.78 is 9.32. The van der Waals surface area contributed by atoms with E-state index in [1.165, 1.54) is 20.6 Å². The third kappa shape index (κ3) is 4.32. The number of hydrogen-bond donors (Lipinski definition) is 0. The molecule has 0 aromatic rings. The van der Waals surface area contributed by atoms with Gasteiger partial charge in [-0.05, 0) is 31.1 Å². The van der Waals surface area contributed by atoms with Crippen LogP contribution in [0.1, 0.15) is 51.4 Å². The minimum atomic E-state index is -0.879. The Morgan fingerprint density at radius 1 is 1.10 bits per heavy atom. The van der Waals surface area contributed by atoms with Gasteiger partial charge in [0.05, 0.1) is 14.2 Å². The Balaban J connectivity index is 2.69. The molecule has 0 unspecified atom stereocenters. The van der Waals surface area contributed by atoms with Crippen molar-refractivity contribution in [3.63, 3.8) is 0 Å². The molecule has 5 nitrogen and oxygen atoms in total. The predicted octanol–water partition coefficient (Wildman–Crippen LogP) is 2.27. The van der Waals surface area contributed by atoms with Crippen LogP contribution in [0, 0.1) is 11.3 Å². The number of rotatable bonds is 7. The number of hydrogen-bond acceptors (Lipinski definition) is 5. The molecule has 1 rings (SSSR count). The molecule has 20 heavy (non-hydrogen) atoms. The van der Waals surface area contributed by atoms with Crippen LogP contribution in [0.5, 0.6) is 0 Å². The van der Waals surface area contributed by atoms with Gasteiger partial charge in [0.1, 0.15) is 6.29 Å². The molecule has 5 heteroatoms. The summed E-state index contributed by atoms with van der Waals surface area (Å²) in [6.07, 6.45) is 7.90. The molecule has 0 N–H and O–H groups in total. The summed E-state index contributed by atoms with van der Waals surface area (Å²) >= 11 is 0. The molecule has 1 saturated carbocycles. The van der Waals surface area contributed by atoms with Gasteiger partial charge in [0, 0.05) is 6.42 Å². The molecular formula is C15H24O5. The van der Waals surface area contributed by atoms with Crippen LogP contribution in [0.4, 0.5) is 0 Å². The van der Waals surface area contributed by atoms with Crippen molar-refractivity contribution in [1.82, 2.24) is 0 Å². The molecule has 0 aromatic carbocycles. The van der Waals surface area contributed by atoms with Crippen LogP contribution in [0.3, 0.4) is 0 Å². The van der Waals surface area contributed by atoms with Crippen molar-refractivity contribution in [3.05, 3.63) is 0 Å². The maximum Gasteiger partial charge on any atom is 0.320 e. The topological polar surface area (TPSA) is 69.7 Å². The summed E-state index contributed by atoms with van der Waals surface area (Å²) in [7, 11) is 2.53. The molecular weight excluding hydrogens is 260 g/mol. The van der Waals surface area contributed by atoms with Gasteiger partial charge in [0.2, 0.25) is 0 Å². The van der Waals surface area contributed by atoms with E-state index in [-0.39, 0.29) is 5.41 Å². The van der Waals surface area contributed by atoms with Gasteiger partial charge >= 0.3 is 11.9 Å². The average molecular weight is 284 g/mol. The standard InChI is InChI=1S/C15H24O5/c1-19-13(17)12(14(18)20-2)6-9-15(10-11-16)7-4-3-5-8-15/h11-12H,3-10H2,1-2H3. The highest BCUT2D eigenvalue weighted by Gasteiger charge is 2.36. The minimum absolute atomic E-state index is 0.0553. The summed E-state index contributed by atoms with van der Waals surface area (Å²) in [4.78, 5) is 34.2. The summed E-state index contributed by atoms with van der Waals surface area (Å²) in [5, 5.41) is 0. The first-order chi connectivity index (χ1) is 9.58. The van der Waals surface area contributed by atoms with E-state index in [1.54, 1.807) is 0 Å². The number of esters is 2. The molecule has 1 aliphatic carbocycles. The lowest BCUT2D eigenvalue weighted by Crippen LogP contribution is -2.31. The second-order valence-corrected chi connectivity index (χ2v) is 5.57. The normalized spacial score (nSPS) is 17.6. The van der Waals surface area contributed by atoms with E-state index in [4.69, 9.17) is 0 Å². The quantitative estimate of drug-likeness (QED) is 0.407. The van der Waals surface area contributed by atoms with Crippen molar-refractivity contribution in [1.29, 1.82) is 0 Å². The molecule has 0 atom stereocenters. The van der Waals surface area contributed by atoms with Gasteiger partial charge in [0.25, 0.3) is 0 Å². The Bertz CT molecular complexity index is 328. The molecule has 1 fully saturated rings. The van der Waals surface area contributed by atoms with Crippen molar-refractivity contribution >= 4 is 18.2 Å². The van der Waals surface area contributed by atoms with Crippen LogP contribution in [-0.2, 0) is 23.9 Å². The number of methoxy groups -OCH3 is 2. The Hall–Kier alpha value is -1.39. The molecule has 0 aromatic heterocycles. The maximum absolute atomic E-state index is 11.7. The lowest BCUT2D eigenvalue weighted by molar-refractivity contribution is -0.159. The van der Waals surface area contributed by atoms with Crippen LogP contribution < -0.4 is 0 Å². The van der Waals surface area contributed by atoms with Gasteiger partial charge in [-0.1, -0.05) is 19.3 Å². The van der Waals surface area contributed by atoms with Crippen LogP contribution in [-0.4, -0.2) is 32.4 Å². The van der Waals surface area contributed by atoms with Gasteiger partial charge in [-0.3, -0.25) is 9.59 Å². The third-order valence-electron chi connectivity index (χ3n) is 4.37. The third-order valence-corrected chi connectivity index (χ3v) is 4.37. The first kappa shape index (κ1) is 16.7. The molecule has 0 heterocycles. The molecule has 0 aliphatic heterocycles. The van der Waals surface area contributed by atoms with Crippen LogP contribution in [0.2, 0.25) is 0 Å². The highest BCUT2D eigenvalue weighted by atomic mass is 16.5. The van der Waals surface area contributed by atoms with Crippen molar-refractivity contribution in [3.8, 4) is 0 Å². The zero-order chi connectivity index (χ0) is 15.0. The van der Waals surface area contributed by atoms with E-state index in [1.807, 2.05) is 0 Å². The number of carbonyl (C=O) groups is 3. The first-order valence-corrected chi connectivity index (χ1v) is 7.18. The predicted molar refractivity (Wildman–Crippen MR) is 73.0 cm³/mol. The summed E-state index contributed by atoms with van der Waals surface area (Å²) in [6.45, 7) is 0. The van der Waals surface area contributed by atoms with Crippen LogP contribution >= 0.6 is 0 Å². The summed E-state index contributed by atoms with van der Waals surface area (Å²) in [5.74, 6) is -2.00. The van der Waals surface area contributed by atoms with E-state index in [2.05, 4.69) is 9.47 Å². The lowest BCUT2D eigenvalue weighted by Gasteiger charge is -2.36. The fourth-order valence-corrected chi connectivity index (χ4v) is 3.10. The fourth-order valence-electron chi connectivity index (χ4n) is 3.10. The monoisotopic (exact) mass is 284 g/mol. The molecule has 0 amide bonds. The summed E-state index contributed by atoms with van der Waals surface area (Å²) in [5.41, 5.74) is -0.0553. The second-order valence-electron chi connectivity index (χ2n) is 5.57. The highest BCUT2D eigenvalue weighted by Crippen LogP contribution is 2.43. The first-order valence-electron chi connectivity index (χ1n) is 7.18. The Labute approximate surface area is 120 Å². The largest absolute Gasteiger partial charge is 0.468 e. The van der Waals surface area contributed by atoms with E-state index >= 15 is 0 Å². The van der Waals surface area contributed by atoms with Gasteiger partial charge in [0.15, 0.2) is 5.92 Å². The maximum atomic E-state index is 11.7. The van der Waals surface area contributed by atoms with Crippen molar-refractivity contribution < 1.29 is 23.9 Å². The highest BCUT2D eigenvalue weighted by molar-refractivity contribution is 5.94. The molecule has 1 aliphatic rings. The van der Waals surface area contributed by atoms with Gasteiger partial charge in [-0.25, -0.2) is 0 Å². The van der Waals surface area contributed by atoms with Crippen molar-refractivity contribution in [2.45, 2.75) is 51.4 Å². The zero-order valence-electron chi connectivity index (χ0n) is 12.4. The number of ether oxygens (including phenoxy) is 2. The zero-order valence-corrected chi connectivity index (χ0v) is 12.4. The van der Waals surface area contributed by atoms with Gasteiger partial charge in [-0.2, -0.15) is 0 Å². The van der Waals surface area contributed by atoms with Crippen LogP contribution in [0.15, 0.2) is 0 Å². The Kier molecular flexibility index (Phi) is 6.68.